The molecule has 8 heteroatoms. The van der Waals surface area contributed by atoms with E-state index in [4.69, 9.17) is 0 Å². The molecule has 3 atom stereocenters. The first-order chi connectivity index (χ1) is 18.1. The molecule has 0 bridgehead atoms. The standard InChI is InChI=1S/C9H14N2.2C7H8N2S.3C2H6/c1-7-8-4-2-3-5-9(8)11-6-10-7;1-5-7-6(2-3-10-7)9-4-8-5;1-5-6-2-3-10-7(6)9-4-8-5;3*1-2/h6-7H,2-5H2,1H3,(H,10,11);2*2-5H,1H3,(H,8,9);3*1-2H3. The Hall–Kier alpha value is -2.45. The molecule has 0 saturated heterocycles. The van der Waals surface area contributed by atoms with Gasteiger partial charge in [-0.25, -0.2) is 0 Å². The van der Waals surface area contributed by atoms with Crippen LogP contribution < -0.4 is 16.0 Å². The summed E-state index contributed by atoms with van der Waals surface area (Å²) in [5.41, 5.74) is 5.51. The van der Waals surface area contributed by atoms with Crippen LogP contribution in [0.15, 0.2) is 49.1 Å². The van der Waals surface area contributed by atoms with Gasteiger partial charge >= 0.3 is 0 Å². The highest BCUT2D eigenvalue weighted by Gasteiger charge is 2.19. The van der Waals surface area contributed by atoms with Crippen molar-refractivity contribution in [3.63, 3.8) is 0 Å². The Morgan fingerprint density at radius 2 is 1.27 bits per heavy atom. The van der Waals surface area contributed by atoms with Crippen LogP contribution in [0.25, 0.3) is 0 Å². The Morgan fingerprint density at radius 3 is 1.95 bits per heavy atom. The van der Waals surface area contributed by atoms with Crippen molar-refractivity contribution in [1.29, 1.82) is 0 Å². The molecule has 0 fully saturated rings. The lowest BCUT2D eigenvalue weighted by molar-refractivity contribution is 0.602. The summed E-state index contributed by atoms with van der Waals surface area (Å²) < 4.78 is 0. The summed E-state index contributed by atoms with van der Waals surface area (Å²) >= 11 is 3.48. The van der Waals surface area contributed by atoms with E-state index in [1.165, 1.54) is 52.5 Å². The number of thiophene rings is 2. The summed E-state index contributed by atoms with van der Waals surface area (Å²) in [6, 6.07) is 5.32. The van der Waals surface area contributed by atoms with E-state index in [0.29, 0.717) is 18.1 Å². The van der Waals surface area contributed by atoms with Gasteiger partial charge in [-0.1, -0.05) is 41.5 Å². The monoisotopic (exact) mass is 544 g/mol. The first-order valence-corrected chi connectivity index (χ1v) is 15.6. The molecule has 3 N–H and O–H groups in total. The molecule has 2 aromatic heterocycles. The van der Waals surface area contributed by atoms with Crippen LogP contribution in [0.1, 0.15) is 111 Å². The van der Waals surface area contributed by atoms with Gasteiger partial charge in [0.1, 0.15) is 0 Å². The van der Waals surface area contributed by atoms with Gasteiger partial charge in [-0.3, -0.25) is 15.0 Å². The topological polar surface area (TPSA) is 73.2 Å². The van der Waals surface area contributed by atoms with E-state index < -0.39 is 0 Å². The lowest BCUT2D eigenvalue weighted by Crippen LogP contribution is -2.25. The van der Waals surface area contributed by atoms with Gasteiger partial charge in [0.2, 0.25) is 0 Å². The molecule has 4 aliphatic rings. The highest BCUT2D eigenvalue weighted by Crippen LogP contribution is 2.33. The maximum absolute atomic E-state index is 4.32. The van der Waals surface area contributed by atoms with Crippen LogP contribution in [0.3, 0.4) is 0 Å². The van der Waals surface area contributed by atoms with Gasteiger partial charge in [0.05, 0.1) is 52.7 Å². The number of allylic oxidation sites excluding steroid dienone is 1. The Bertz CT molecular complexity index is 945. The van der Waals surface area contributed by atoms with Crippen LogP contribution in [0.5, 0.6) is 0 Å². The Morgan fingerprint density at radius 1 is 0.676 bits per heavy atom. The summed E-state index contributed by atoms with van der Waals surface area (Å²) in [5, 5.41) is 14.8. The van der Waals surface area contributed by atoms with Crippen molar-refractivity contribution in [2.24, 2.45) is 15.0 Å². The number of rotatable bonds is 0. The van der Waals surface area contributed by atoms with E-state index in [2.05, 4.69) is 74.6 Å². The van der Waals surface area contributed by atoms with Crippen molar-refractivity contribution in [2.45, 2.75) is 106 Å². The molecular formula is C29H48N6S2. The zero-order valence-corrected chi connectivity index (χ0v) is 25.9. The fourth-order valence-corrected chi connectivity index (χ4v) is 5.68. The van der Waals surface area contributed by atoms with Crippen LogP contribution in [0.2, 0.25) is 0 Å². The van der Waals surface area contributed by atoms with E-state index in [0.717, 1.165) is 0 Å². The summed E-state index contributed by atoms with van der Waals surface area (Å²) in [7, 11) is 0. The van der Waals surface area contributed by atoms with Crippen molar-refractivity contribution in [3.8, 4) is 0 Å². The molecule has 0 saturated carbocycles. The number of nitrogens with one attached hydrogen (secondary N) is 3. The highest BCUT2D eigenvalue weighted by atomic mass is 32.1. The maximum Gasteiger partial charge on any atom is 0.0987 e. The molecule has 0 spiro atoms. The molecule has 6 rings (SSSR count). The van der Waals surface area contributed by atoms with Crippen LogP contribution in [0.4, 0.5) is 10.7 Å². The lowest BCUT2D eigenvalue weighted by atomic mass is 9.91. The van der Waals surface area contributed by atoms with E-state index in [1.807, 2.05) is 47.9 Å². The van der Waals surface area contributed by atoms with Gasteiger partial charge in [0, 0.05) is 11.3 Å². The Kier molecular flexibility index (Phi) is 16.5. The predicted octanol–water partition coefficient (Wildman–Crippen LogP) is 9.44. The van der Waals surface area contributed by atoms with Crippen molar-refractivity contribution in [1.82, 2.24) is 5.32 Å². The minimum atomic E-state index is 0.336. The van der Waals surface area contributed by atoms with E-state index in [9.17, 15) is 0 Å². The number of hydrogen-bond donors (Lipinski definition) is 3. The molecule has 6 nitrogen and oxygen atoms in total. The lowest BCUT2D eigenvalue weighted by Gasteiger charge is -2.26. The Labute approximate surface area is 233 Å². The van der Waals surface area contributed by atoms with E-state index in [-0.39, 0.29) is 0 Å². The van der Waals surface area contributed by atoms with Crippen molar-refractivity contribution in [2.75, 3.05) is 10.6 Å². The fraction of sp³-hybridized carbons (Fsp3) is 0.552. The second kappa shape index (κ2) is 18.7. The zero-order chi connectivity index (χ0) is 27.6. The molecule has 1 aliphatic carbocycles. The number of hydrogen-bond acceptors (Lipinski definition) is 8. The van der Waals surface area contributed by atoms with E-state index in [1.54, 1.807) is 40.9 Å². The molecule has 37 heavy (non-hydrogen) atoms. The first-order valence-electron chi connectivity index (χ1n) is 13.8. The third-order valence-electron chi connectivity index (χ3n) is 5.78. The predicted molar refractivity (Wildman–Crippen MR) is 170 cm³/mol. The van der Waals surface area contributed by atoms with Crippen LogP contribution in [-0.4, -0.2) is 25.1 Å². The first kappa shape index (κ1) is 32.6. The largest absolute Gasteiger partial charge is 0.350 e. The van der Waals surface area contributed by atoms with Gasteiger partial charge in [-0.05, 0) is 74.9 Å². The minimum Gasteiger partial charge on any atom is -0.350 e. The number of nitrogens with zero attached hydrogens (tertiary/aromatic N) is 3. The molecule has 3 aliphatic heterocycles. The van der Waals surface area contributed by atoms with Crippen molar-refractivity contribution >= 4 is 52.4 Å². The molecule has 206 valence electrons. The van der Waals surface area contributed by atoms with Gasteiger partial charge in [-0.2, -0.15) is 0 Å². The highest BCUT2D eigenvalue weighted by molar-refractivity contribution is 7.14. The van der Waals surface area contributed by atoms with Crippen molar-refractivity contribution in [3.05, 3.63) is 44.6 Å². The second-order valence-electron chi connectivity index (χ2n) is 7.91. The minimum absolute atomic E-state index is 0.336. The Balaban J connectivity index is 0.000000252. The van der Waals surface area contributed by atoms with Gasteiger partial charge < -0.3 is 16.0 Å². The average Bonchev–Trinajstić information content (AvgIpc) is 3.65. The summed E-state index contributed by atoms with van der Waals surface area (Å²) in [6.45, 7) is 18.4. The quantitative estimate of drug-likeness (QED) is 0.309. The number of anilines is 2. The van der Waals surface area contributed by atoms with Gasteiger partial charge in [-0.15, -0.1) is 22.7 Å². The van der Waals surface area contributed by atoms with Gasteiger partial charge in [0.15, 0.2) is 0 Å². The molecule has 5 heterocycles. The molecular weight excluding hydrogens is 496 g/mol. The number of aliphatic imine (C=N–C) groups is 3. The zero-order valence-electron chi connectivity index (χ0n) is 24.3. The number of fused-ring (bicyclic) bond motifs is 2. The third kappa shape index (κ3) is 9.74. The summed E-state index contributed by atoms with van der Waals surface area (Å²) in [6.07, 6.45) is 10.5. The normalized spacial score (nSPS) is 21.2. The molecule has 3 unspecified atom stereocenters. The van der Waals surface area contributed by atoms with Crippen LogP contribution in [-0.2, 0) is 0 Å². The molecule has 0 radical (unpaired) electrons. The molecule has 0 amide bonds. The van der Waals surface area contributed by atoms with Crippen molar-refractivity contribution < 1.29 is 0 Å². The average molecular weight is 545 g/mol. The van der Waals surface area contributed by atoms with Crippen LogP contribution >= 0.6 is 22.7 Å². The fourth-order valence-electron chi connectivity index (χ4n) is 3.98. The maximum atomic E-state index is 4.32. The van der Waals surface area contributed by atoms with Crippen LogP contribution in [0, 0.1) is 0 Å². The summed E-state index contributed by atoms with van der Waals surface area (Å²) in [5.74, 6) is 0. The molecule has 2 aromatic rings. The second-order valence-corrected chi connectivity index (χ2v) is 9.77. The SMILES string of the molecule is CC.CC.CC.CC1N=CNC2=C1CCCC2.CC1N=CNc2ccsc21.CC1N=CNc2sccc21. The van der Waals surface area contributed by atoms with Gasteiger partial charge in [0.25, 0.3) is 0 Å². The molecule has 0 aromatic carbocycles. The third-order valence-corrected chi connectivity index (χ3v) is 7.73. The summed E-state index contributed by atoms with van der Waals surface area (Å²) in [4.78, 5) is 14.1. The van der Waals surface area contributed by atoms with E-state index >= 15 is 0 Å². The smallest absolute Gasteiger partial charge is 0.0987 e.